The molecule has 0 atom stereocenters. The largest absolute Gasteiger partial charge is 0.478 e. The fraction of sp³-hybridized carbons (Fsp3) is 0.545. The van der Waals surface area contributed by atoms with Gasteiger partial charge in [-0.1, -0.05) is 6.07 Å². The number of aromatic nitrogens is 1. The zero-order chi connectivity index (χ0) is 11.1. The molecule has 0 saturated heterocycles. The van der Waals surface area contributed by atoms with E-state index in [0.29, 0.717) is 19.0 Å². The SMILES string of the molecule is CN(C)Cc1cccc(OCCCN)n1. The van der Waals surface area contributed by atoms with Gasteiger partial charge in [0.25, 0.3) is 0 Å². The zero-order valence-corrected chi connectivity index (χ0v) is 9.44. The van der Waals surface area contributed by atoms with Crippen molar-refractivity contribution in [2.45, 2.75) is 13.0 Å². The van der Waals surface area contributed by atoms with Crippen molar-refractivity contribution in [3.8, 4) is 5.88 Å². The second-order valence-electron chi connectivity index (χ2n) is 3.70. The molecular weight excluding hydrogens is 190 g/mol. The normalized spacial score (nSPS) is 10.7. The molecule has 2 N–H and O–H groups in total. The highest BCUT2D eigenvalue weighted by molar-refractivity contribution is 5.15. The van der Waals surface area contributed by atoms with Gasteiger partial charge in [0.2, 0.25) is 5.88 Å². The van der Waals surface area contributed by atoms with E-state index in [1.165, 1.54) is 0 Å². The van der Waals surface area contributed by atoms with E-state index >= 15 is 0 Å². The van der Waals surface area contributed by atoms with Gasteiger partial charge in [-0.2, -0.15) is 0 Å². The predicted molar refractivity (Wildman–Crippen MR) is 60.8 cm³/mol. The van der Waals surface area contributed by atoms with Crippen molar-refractivity contribution in [1.82, 2.24) is 9.88 Å². The lowest BCUT2D eigenvalue weighted by atomic mass is 10.3. The van der Waals surface area contributed by atoms with Crippen LogP contribution in [0.4, 0.5) is 0 Å². The third-order valence-corrected chi connectivity index (χ3v) is 1.86. The number of ether oxygens (including phenoxy) is 1. The minimum Gasteiger partial charge on any atom is -0.478 e. The molecule has 0 fully saturated rings. The molecular formula is C11H19N3O. The molecule has 0 aliphatic heterocycles. The summed E-state index contributed by atoms with van der Waals surface area (Å²) in [6.07, 6.45) is 0.861. The number of nitrogens with two attached hydrogens (primary N) is 1. The van der Waals surface area contributed by atoms with Crippen molar-refractivity contribution in [3.05, 3.63) is 23.9 Å². The summed E-state index contributed by atoms with van der Waals surface area (Å²) in [6, 6.07) is 5.83. The smallest absolute Gasteiger partial charge is 0.213 e. The van der Waals surface area contributed by atoms with Crippen molar-refractivity contribution in [2.24, 2.45) is 5.73 Å². The minimum atomic E-state index is 0.634. The summed E-state index contributed by atoms with van der Waals surface area (Å²) >= 11 is 0. The van der Waals surface area contributed by atoms with Gasteiger partial charge in [-0.25, -0.2) is 4.98 Å². The van der Waals surface area contributed by atoms with E-state index in [9.17, 15) is 0 Å². The first-order chi connectivity index (χ1) is 7.22. The summed E-state index contributed by atoms with van der Waals surface area (Å²) in [5, 5.41) is 0. The van der Waals surface area contributed by atoms with Gasteiger partial charge in [0.15, 0.2) is 0 Å². The van der Waals surface area contributed by atoms with E-state index in [0.717, 1.165) is 18.7 Å². The van der Waals surface area contributed by atoms with E-state index in [4.69, 9.17) is 10.5 Å². The van der Waals surface area contributed by atoms with Gasteiger partial charge in [-0.05, 0) is 33.1 Å². The topological polar surface area (TPSA) is 51.4 Å². The van der Waals surface area contributed by atoms with Crippen LogP contribution in [0.3, 0.4) is 0 Å². The van der Waals surface area contributed by atoms with E-state index < -0.39 is 0 Å². The molecule has 1 aromatic rings. The Balaban J connectivity index is 2.50. The van der Waals surface area contributed by atoms with Crippen LogP contribution < -0.4 is 10.5 Å². The van der Waals surface area contributed by atoms with Gasteiger partial charge < -0.3 is 15.4 Å². The Kier molecular flexibility index (Phi) is 5.07. The van der Waals surface area contributed by atoms with E-state index in [1.807, 2.05) is 32.3 Å². The van der Waals surface area contributed by atoms with Crippen LogP contribution >= 0.6 is 0 Å². The van der Waals surface area contributed by atoms with E-state index in [-0.39, 0.29) is 0 Å². The summed E-state index contributed by atoms with van der Waals surface area (Å²) in [7, 11) is 4.03. The number of hydrogen-bond donors (Lipinski definition) is 1. The van der Waals surface area contributed by atoms with Gasteiger partial charge in [0.05, 0.1) is 12.3 Å². The van der Waals surface area contributed by atoms with Crippen molar-refractivity contribution in [1.29, 1.82) is 0 Å². The van der Waals surface area contributed by atoms with Crippen LogP contribution in [0.15, 0.2) is 18.2 Å². The fourth-order valence-electron chi connectivity index (χ4n) is 1.21. The van der Waals surface area contributed by atoms with Gasteiger partial charge in [0.1, 0.15) is 0 Å². The maximum absolute atomic E-state index is 5.46. The molecule has 0 unspecified atom stereocenters. The first kappa shape index (κ1) is 11.9. The number of nitrogens with zero attached hydrogens (tertiary/aromatic N) is 2. The van der Waals surface area contributed by atoms with E-state index in [1.54, 1.807) is 0 Å². The van der Waals surface area contributed by atoms with Crippen LogP contribution in [0.2, 0.25) is 0 Å². The third kappa shape index (κ3) is 4.76. The monoisotopic (exact) mass is 209 g/mol. The van der Waals surface area contributed by atoms with Crippen molar-refractivity contribution >= 4 is 0 Å². The van der Waals surface area contributed by atoms with Crippen LogP contribution in [0, 0.1) is 0 Å². The zero-order valence-electron chi connectivity index (χ0n) is 9.44. The molecule has 0 spiro atoms. The van der Waals surface area contributed by atoms with Crippen LogP contribution in [0.1, 0.15) is 12.1 Å². The maximum atomic E-state index is 5.46. The Morgan fingerprint density at radius 1 is 1.40 bits per heavy atom. The third-order valence-electron chi connectivity index (χ3n) is 1.86. The second-order valence-corrected chi connectivity index (χ2v) is 3.70. The molecule has 1 heterocycles. The quantitative estimate of drug-likeness (QED) is 0.706. The van der Waals surface area contributed by atoms with Gasteiger partial charge in [0, 0.05) is 12.6 Å². The minimum absolute atomic E-state index is 0.634. The molecule has 0 aromatic carbocycles. The van der Waals surface area contributed by atoms with Crippen LogP contribution in [-0.2, 0) is 6.54 Å². The number of hydrogen-bond acceptors (Lipinski definition) is 4. The average molecular weight is 209 g/mol. The summed E-state index contributed by atoms with van der Waals surface area (Å²) in [5.41, 5.74) is 6.40. The molecule has 1 rings (SSSR count). The average Bonchev–Trinajstić information content (AvgIpc) is 2.18. The number of pyridine rings is 1. The Labute approximate surface area is 91.1 Å². The lowest BCUT2D eigenvalue weighted by molar-refractivity contribution is 0.298. The second kappa shape index (κ2) is 6.37. The first-order valence-electron chi connectivity index (χ1n) is 5.16. The molecule has 0 aliphatic carbocycles. The van der Waals surface area contributed by atoms with Crippen molar-refractivity contribution < 1.29 is 4.74 Å². The molecule has 0 amide bonds. The summed E-state index contributed by atoms with van der Waals surface area (Å²) < 4.78 is 5.46. The highest BCUT2D eigenvalue weighted by atomic mass is 16.5. The highest BCUT2D eigenvalue weighted by Gasteiger charge is 1.99. The molecule has 4 nitrogen and oxygen atoms in total. The summed E-state index contributed by atoms with van der Waals surface area (Å²) in [5.74, 6) is 0.683. The Bertz CT molecular complexity index is 289. The molecule has 1 aromatic heterocycles. The van der Waals surface area contributed by atoms with Gasteiger partial charge in [-0.3, -0.25) is 0 Å². The van der Waals surface area contributed by atoms with Crippen LogP contribution in [0.5, 0.6) is 5.88 Å². The summed E-state index contributed by atoms with van der Waals surface area (Å²) in [4.78, 5) is 6.46. The first-order valence-corrected chi connectivity index (χ1v) is 5.16. The molecule has 0 bridgehead atoms. The standard InChI is InChI=1S/C11H19N3O/c1-14(2)9-10-5-3-6-11(13-10)15-8-4-7-12/h3,5-6H,4,7-9,12H2,1-2H3. The van der Waals surface area contributed by atoms with Crippen molar-refractivity contribution in [2.75, 3.05) is 27.2 Å². The molecule has 15 heavy (non-hydrogen) atoms. The van der Waals surface area contributed by atoms with Gasteiger partial charge >= 0.3 is 0 Å². The predicted octanol–water partition coefficient (Wildman–Crippen LogP) is 0.871. The Hall–Kier alpha value is -1.13. The Morgan fingerprint density at radius 3 is 2.87 bits per heavy atom. The highest BCUT2D eigenvalue weighted by Crippen LogP contribution is 2.08. The Morgan fingerprint density at radius 2 is 2.20 bits per heavy atom. The van der Waals surface area contributed by atoms with Crippen molar-refractivity contribution in [3.63, 3.8) is 0 Å². The molecule has 4 heteroatoms. The lowest BCUT2D eigenvalue weighted by Gasteiger charge is -2.10. The number of rotatable bonds is 6. The molecule has 0 radical (unpaired) electrons. The van der Waals surface area contributed by atoms with Crippen LogP contribution in [-0.4, -0.2) is 37.1 Å². The van der Waals surface area contributed by atoms with E-state index in [2.05, 4.69) is 9.88 Å². The van der Waals surface area contributed by atoms with Crippen LogP contribution in [0.25, 0.3) is 0 Å². The maximum Gasteiger partial charge on any atom is 0.213 e. The molecule has 0 aliphatic rings. The molecule has 84 valence electrons. The fourth-order valence-corrected chi connectivity index (χ4v) is 1.21. The lowest BCUT2D eigenvalue weighted by Crippen LogP contribution is -2.12. The van der Waals surface area contributed by atoms with Gasteiger partial charge in [-0.15, -0.1) is 0 Å². The molecule has 0 saturated carbocycles. The summed E-state index contributed by atoms with van der Waals surface area (Å²) in [6.45, 7) is 2.11.